The summed E-state index contributed by atoms with van der Waals surface area (Å²) < 4.78 is 37.8. The lowest BCUT2D eigenvalue weighted by Gasteiger charge is -2.21. The Hall–Kier alpha value is -3.40. The molecule has 0 atom stereocenters. The van der Waals surface area contributed by atoms with Gasteiger partial charge in [0.2, 0.25) is 0 Å². The number of pyridine rings is 1. The summed E-state index contributed by atoms with van der Waals surface area (Å²) in [7, 11) is -0.837. The second-order valence-corrected chi connectivity index (χ2v) is 8.83. The SMILES string of the molecule is COc1ccc2nc3ccc(OC)cc3c(S(=O)(=O)Cc3ccc(N([O-])O)cc3)c2c1. The minimum absolute atomic E-state index is 0.00966. The van der Waals surface area contributed by atoms with E-state index in [-0.39, 0.29) is 21.6 Å². The molecule has 0 saturated carbocycles. The molecular weight excluding hydrogens is 420 g/mol. The van der Waals surface area contributed by atoms with Crippen molar-refractivity contribution in [2.75, 3.05) is 19.4 Å². The standard InChI is InChI=1S/C22H19N2O6S/c1-29-16-7-9-20-18(11-16)22(19-12-17(30-2)8-10-21(19)23-20)31(27,28)13-14-3-5-15(6-4-14)24(25)26/h3-12,25H,13H2,1-2H3/q-1. The van der Waals surface area contributed by atoms with Crippen molar-refractivity contribution in [3.05, 3.63) is 71.4 Å². The molecule has 0 unspecified atom stereocenters. The molecule has 1 N–H and O–H groups in total. The topological polar surface area (TPSA) is 112 Å². The number of hydrogen-bond acceptors (Lipinski definition) is 8. The molecule has 0 aliphatic rings. The lowest BCUT2D eigenvalue weighted by Crippen LogP contribution is -2.09. The first-order valence-electron chi connectivity index (χ1n) is 9.26. The maximum Gasteiger partial charge on any atom is 0.183 e. The van der Waals surface area contributed by atoms with Crippen LogP contribution in [0.5, 0.6) is 11.5 Å². The maximum atomic E-state index is 13.6. The predicted molar refractivity (Wildman–Crippen MR) is 117 cm³/mol. The minimum Gasteiger partial charge on any atom is -0.733 e. The summed E-state index contributed by atoms with van der Waals surface area (Å²) >= 11 is 0. The zero-order chi connectivity index (χ0) is 22.2. The van der Waals surface area contributed by atoms with E-state index in [4.69, 9.17) is 14.7 Å². The molecule has 0 fully saturated rings. The zero-order valence-corrected chi connectivity index (χ0v) is 17.6. The van der Waals surface area contributed by atoms with Crippen LogP contribution in [0.1, 0.15) is 5.56 Å². The molecule has 8 nitrogen and oxygen atoms in total. The normalized spacial score (nSPS) is 11.6. The molecule has 4 rings (SSSR count). The monoisotopic (exact) mass is 439 g/mol. The summed E-state index contributed by atoms with van der Waals surface area (Å²) in [5.74, 6) is 0.715. The van der Waals surface area contributed by atoms with Crippen LogP contribution >= 0.6 is 0 Å². The average molecular weight is 439 g/mol. The number of anilines is 1. The van der Waals surface area contributed by atoms with Gasteiger partial charge in [-0.15, -0.1) is 0 Å². The fraction of sp³-hybridized carbons (Fsp3) is 0.136. The molecule has 3 aromatic carbocycles. The summed E-state index contributed by atoms with van der Waals surface area (Å²) in [4.78, 5) is 4.72. The van der Waals surface area contributed by atoms with Gasteiger partial charge in [-0.3, -0.25) is 5.21 Å². The van der Waals surface area contributed by atoms with Gasteiger partial charge in [-0.1, -0.05) is 12.1 Å². The van der Waals surface area contributed by atoms with Gasteiger partial charge in [0.15, 0.2) is 9.84 Å². The highest BCUT2D eigenvalue weighted by molar-refractivity contribution is 7.91. The Balaban J connectivity index is 1.95. The lowest BCUT2D eigenvalue weighted by molar-refractivity contribution is 0.296. The number of hydrogen-bond donors (Lipinski definition) is 1. The summed E-state index contributed by atoms with van der Waals surface area (Å²) in [6.07, 6.45) is 0. The van der Waals surface area contributed by atoms with E-state index in [1.807, 2.05) is 0 Å². The molecule has 0 aliphatic heterocycles. The third-order valence-electron chi connectivity index (χ3n) is 4.96. The van der Waals surface area contributed by atoms with E-state index >= 15 is 0 Å². The van der Waals surface area contributed by atoms with Crippen molar-refractivity contribution in [3.8, 4) is 11.5 Å². The molecule has 160 valence electrons. The molecule has 1 heterocycles. The highest BCUT2D eigenvalue weighted by Gasteiger charge is 2.24. The third kappa shape index (κ3) is 3.98. The highest BCUT2D eigenvalue weighted by atomic mass is 32.2. The molecule has 0 aliphatic carbocycles. The quantitative estimate of drug-likeness (QED) is 0.353. The van der Waals surface area contributed by atoms with Gasteiger partial charge in [0, 0.05) is 10.8 Å². The van der Waals surface area contributed by atoms with Crippen LogP contribution < -0.4 is 14.7 Å². The second-order valence-electron chi connectivity index (χ2n) is 6.91. The fourth-order valence-corrected chi connectivity index (χ4v) is 5.24. The fourth-order valence-electron chi connectivity index (χ4n) is 3.46. The van der Waals surface area contributed by atoms with Gasteiger partial charge >= 0.3 is 0 Å². The molecule has 1 aromatic heterocycles. The second kappa shape index (κ2) is 8.03. The maximum absolute atomic E-state index is 13.6. The van der Waals surface area contributed by atoms with Gasteiger partial charge in [-0.05, 0) is 54.1 Å². The smallest absolute Gasteiger partial charge is 0.183 e. The number of ether oxygens (including phenoxy) is 2. The number of fused-ring (bicyclic) bond motifs is 2. The van der Waals surface area contributed by atoms with Crippen LogP contribution in [-0.2, 0) is 15.6 Å². The Morgan fingerprint density at radius 3 is 1.87 bits per heavy atom. The van der Waals surface area contributed by atoms with Crippen LogP contribution in [0.3, 0.4) is 0 Å². The van der Waals surface area contributed by atoms with Gasteiger partial charge < -0.3 is 19.9 Å². The molecule has 31 heavy (non-hydrogen) atoms. The van der Waals surface area contributed by atoms with Gasteiger partial charge in [0.05, 0.1) is 41.6 Å². The number of methoxy groups -OCH3 is 2. The summed E-state index contributed by atoms with van der Waals surface area (Å²) in [5, 5.41) is 20.6. The van der Waals surface area contributed by atoms with Crippen molar-refractivity contribution < 1.29 is 23.1 Å². The van der Waals surface area contributed by atoms with Crippen molar-refractivity contribution >= 4 is 37.3 Å². The molecule has 0 saturated heterocycles. The number of aromatic nitrogens is 1. The first-order chi connectivity index (χ1) is 14.8. The predicted octanol–water partition coefficient (Wildman–Crippen LogP) is 4.07. The van der Waals surface area contributed by atoms with Crippen LogP contribution in [0.2, 0.25) is 0 Å². The molecule has 4 aromatic rings. The third-order valence-corrected chi connectivity index (χ3v) is 6.74. The summed E-state index contributed by atoms with van der Waals surface area (Å²) in [6, 6.07) is 15.9. The van der Waals surface area contributed by atoms with Crippen LogP contribution in [0.25, 0.3) is 21.8 Å². The van der Waals surface area contributed by atoms with Gasteiger partial charge in [0.25, 0.3) is 0 Å². The van der Waals surface area contributed by atoms with E-state index in [0.717, 1.165) is 0 Å². The van der Waals surface area contributed by atoms with Crippen molar-refractivity contribution in [3.63, 3.8) is 0 Å². The van der Waals surface area contributed by atoms with Crippen molar-refractivity contribution in [1.29, 1.82) is 0 Å². The number of sulfone groups is 1. The molecule has 9 heteroatoms. The average Bonchev–Trinajstić information content (AvgIpc) is 2.76. The lowest BCUT2D eigenvalue weighted by atomic mass is 10.1. The Morgan fingerprint density at radius 2 is 1.42 bits per heavy atom. The Kier molecular flexibility index (Phi) is 5.40. The van der Waals surface area contributed by atoms with Crippen molar-refractivity contribution in [1.82, 2.24) is 4.98 Å². The number of benzene rings is 3. The van der Waals surface area contributed by atoms with E-state index in [2.05, 4.69) is 4.98 Å². The van der Waals surface area contributed by atoms with Crippen LogP contribution in [-0.4, -0.2) is 32.8 Å². The zero-order valence-electron chi connectivity index (χ0n) is 16.8. The summed E-state index contributed by atoms with van der Waals surface area (Å²) in [5.41, 5.74) is 1.52. The molecule has 0 bridgehead atoms. The van der Waals surface area contributed by atoms with Crippen LogP contribution in [0.15, 0.2) is 65.6 Å². The van der Waals surface area contributed by atoms with E-state index < -0.39 is 9.84 Å². The van der Waals surface area contributed by atoms with Crippen LogP contribution in [0, 0.1) is 5.21 Å². The largest absolute Gasteiger partial charge is 0.733 e. The van der Waals surface area contributed by atoms with Gasteiger partial charge in [-0.2, -0.15) is 0 Å². The van der Waals surface area contributed by atoms with Crippen molar-refractivity contribution in [2.45, 2.75) is 10.6 Å². The first kappa shape index (κ1) is 20.9. The molecule has 0 spiro atoms. The first-order valence-corrected chi connectivity index (χ1v) is 10.9. The summed E-state index contributed by atoms with van der Waals surface area (Å²) in [6.45, 7) is 0. The molecule has 0 amide bonds. The molecule has 0 radical (unpaired) electrons. The highest BCUT2D eigenvalue weighted by Crippen LogP contribution is 2.35. The Labute approximate surface area is 178 Å². The Morgan fingerprint density at radius 1 is 0.903 bits per heavy atom. The van der Waals surface area contributed by atoms with Crippen LogP contribution in [0.4, 0.5) is 5.69 Å². The van der Waals surface area contributed by atoms with E-state index in [1.54, 1.807) is 36.4 Å². The number of nitrogens with zero attached hydrogens (tertiary/aromatic N) is 2. The molecular formula is C22H19N2O6S-. The van der Waals surface area contributed by atoms with E-state index in [1.165, 1.54) is 38.5 Å². The van der Waals surface area contributed by atoms with E-state index in [0.29, 0.717) is 38.9 Å². The van der Waals surface area contributed by atoms with Gasteiger partial charge in [-0.25, -0.2) is 13.4 Å². The Bertz CT molecular complexity index is 1310. The van der Waals surface area contributed by atoms with E-state index in [9.17, 15) is 13.6 Å². The minimum atomic E-state index is -3.85. The van der Waals surface area contributed by atoms with Crippen molar-refractivity contribution in [2.24, 2.45) is 0 Å². The van der Waals surface area contributed by atoms with Gasteiger partial charge in [0.1, 0.15) is 11.5 Å². The number of rotatable bonds is 6.